The molecule has 0 aromatic rings. The van der Waals surface area contributed by atoms with E-state index in [1.807, 2.05) is 0 Å². The molecule has 1 unspecified atom stereocenters. The lowest BCUT2D eigenvalue weighted by Gasteiger charge is -2.17. The molecular formula is C23H47N3. The number of aliphatic imine (C=N–C) groups is 1. The summed E-state index contributed by atoms with van der Waals surface area (Å²) in [5.74, 6) is 1.25. The van der Waals surface area contributed by atoms with Crippen LogP contribution in [0, 0.1) is 0 Å². The molecule has 26 heavy (non-hydrogen) atoms. The predicted molar refractivity (Wildman–Crippen MR) is 117 cm³/mol. The minimum absolute atomic E-state index is 0.0195. The van der Waals surface area contributed by atoms with Crippen molar-refractivity contribution in [1.29, 1.82) is 0 Å². The summed E-state index contributed by atoms with van der Waals surface area (Å²) in [6.45, 7) is 6.46. The van der Waals surface area contributed by atoms with Crippen molar-refractivity contribution in [3.63, 3.8) is 0 Å². The summed E-state index contributed by atoms with van der Waals surface area (Å²) >= 11 is 0. The lowest BCUT2D eigenvalue weighted by atomic mass is 10.0. The van der Waals surface area contributed by atoms with Crippen molar-refractivity contribution >= 4 is 5.84 Å². The number of hydrogen-bond donors (Lipinski definition) is 1. The fraction of sp³-hybridized carbons (Fsp3) is 0.957. The maximum Gasteiger partial charge on any atom is 0.117 e. The zero-order valence-corrected chi connectivity index (χ0v) is 18.0. The van der Waals surface area contributed by atoms with Crippen molar-refractivity contribution in [1.82, 2.24) is 4.90 Å². The molecule has 3 heteroatoms. The Kier molecular flexibility index (Phi) is 15.0. The second-order valence-corrected chi connectivity index (χ2v) is 8.20. The molecule has 1 atom stereocenters. The smallest absolute Gasteiger partial charge is 0.117 e. The largest absolute Gasteiger partial charge is 0.357 e. The maximum atomic E-state index is 5.92. The first-order valence-electron chi connectivity index (χ1n) is 11.8. The molecule has 1 heterocycles. The van der Waals surface area contributed by atoms with Gasteiger partial charge in [0.2, 0.25) is 0 Å². The second-order valence-electron chi connectivity index (χ2n) is 8.20. The molecule has 0 aliphatic carbocycles. The number of amidine groups is 1. The molecule has 0 aromatic carbocycles. The predicted octanol–water partition coefficient (Wildman–Crippen LogP) is 6.66. The van der Waals surface area contributed by atoms with Gasteiger partial charge in [-0.05, 0) is 13.3 Å². The van der Waals surface area contributed by atoms with Gasteiger partial charge in [0.05, 0.1) is 6.54 Å². The molecule has 0 saturated heterocycles. The molecule has 2 N–H and O–H groups in total. The first kappa shape index (κ1) is 23.5. The molecule has 0 saturated carbocycles. The van der Waals surface area contributed by atoms with E-state index in [1.54, 1.807) is 0 Å². The number of nitrogens with zero attached hydrogens (tertiary/aromatic N) is 2. The monoisotopic (exact) mass is 365 g/mol. The van der Waals surface area contributed by atoms with Crippen LogP contribution in [0.1, 0.15) is 123 Å². The number of likely N-dealkylation sites (N-methyl/N-ethyl adjacent to an activating group) is 1. The molecule has 0 radical (unpaired) electrons. The van der Waals surface area contributed by atoms with Crippen LogP contribution >= 0.6 is 0 Å². The van der Waals surface area contributed by atoms with Gasteiger partial charge in [0, 0.05) is 13.0 Å². The molecule has 3 nitrogen and oxygen atoms in total. The summed E-state index contributed by atoms with van der Waals surface area (Å²) in [5, 5.41) is 0. The van der Waals surface area contributed by atoms with E-state index in [0.717, 1.165) is 19.5 Å². The third kappa shape index (κ3) is 11.9. The average molecular weight is 366 g/mol. The molecule has 0 bridgehead atoms. The molecular weight excluding hydrogens is 318 g/mol. The van der Waals surface area contributed by atoms with Gasteiger partial charge >= 0.3 is 0 Å². The maximum absolute atomic E-state index is 5.92. The Morgan fingerprint density at radius 3 is 1.58 bits per heavy atom. The van der Waals surface area contributed by atoms with Crippen LogP contribution < -0.4 is 5.73 Å². The second kappa shape index (κ2) is 16.6. The molecule has 154 valence electrons. The standard InChI is InChI=1S/C23H47N3/c1-3-5-6-7-8-9-10-11-12-13-14-15-16-17-18-19-20-23-25-22(24)21-26(23)4-2/h22H,3-21,24H2,1-2H3. The highest BCUT2D eigenvalue weighted by atomic mass is 15.3. The van der Waals surface area contributed by atoms with Gasteiger partial charge in [-0.25, -0.2) is 0 Å². The molecule has 0 amide bonds. The normalized spacial score (nSPS) is 17.1. The Morgan fingerprint density at radius 2 is 1.15 bits per heavy atom. The lowest BCUT2D eigenvalue weighted by molar-refractivity contribution is 0.438. The summed E-state index contributed by atoms with van der Waals surface area (Å²) in [7, 11) is 0. The van der Waals surface area contributed by atoms with Crippen LogP contribution in [0.2, 0.25) is 0 Å². The number of rotatable bonds is 18. The van der Waals surface area contributed by atoms with Gasteiger partial charge in [-0.3, -0.25) is 4.99 Å². The Bertz CT molecular complexity index is 340. The summed E-state index contributed by atoms with van der Waals surface area (Å²) in [5.41, 5.74) is 5.92. The van der Waals surface area contributed by atoms with E-state index in [9.17, 15) is 0 Å². The Balaban J connectivity index is 1.77. The van der Waals surface area contributed by atoms with Crippen LogP contribution in [0.3, 0.4) is 0 Å². The van der Waals surface area contributed by atoms with Gasteiger partial charge in [0.25, 0.3) is 0 Å². The Labute approximate surface area is 164 Å². The quantitative estimate of drug-likeness (QED) is 0.276. The van der Waals surface area contributed by atoms with Crippen molar-refractivity contribution < 1.29 is 0 Å². The summed E-state index contributed by atoms with van der Waals surface area (Å²) in [6.07, 6.45) is 24.0. The van der Waals surface area contributed by atoms with Gasteiger partial charge in [0.15, 0.2) is 0 Å². The summed E-state index contributed by atoms with van der Waals surface area (Å²) < 4.78 is 0. The fourth-order valence-corrected chi connectivity index (χ4v) is 4.01. The minimum Gasteiger partial charge on any atom is -0.357 e. The number of hydrogen-bond acceptors (Lipinski definition) is 3. The molecule has 1 rings (SSSR count). The summed E-state index contributed by atoms with van der Waals surface area (Å²) in [6, 6.07) is 0. The zero-order chi connectivity index (χ0) is 18.9. The summed E-state index contributed by atoms with van der Waals surface area (Å²) in [4.78, 5) is 6.91. The van der Waals surface area contributed by atoms with Crippen molar-refractivity contribution in [2.75, 3.05) is 13.1 Å². The molecule has 1 aliphatic heterocycles. The van der Waals surface area contributed by atoms with E-state index >= 15 is 0 Å². The van der Waals surface area contributed by atoms with Crippen LogP contribution in [0.25, 0.3) is 0 Å². The van der Waals surface area contributed by atoms with Crippen LogP contribution in [0.5, 0.6) is 0 Å². The third-order valence-electron chi connectivity index (χ3n) is 5.72. The van der Waals surface area contributed by atoms with Gasteiger partial charge < -0.3 is 10.6 Å². The van der Waals surface area contributed by atoms with Crippen molar-refractivity contribution in [3.05, 3.63) is 0 Å². The van der Waals surface area contributed by atoms with Crippen LogP contribution in [0.15, 0.2) is 4.99 Å². The Hall–Kier alpha value is -0.570. The van der Waals surface area contributed by atoms with Crippen molar-refractivity contribution in [3.8, 4) is 0 Å². The molecule has 0 fully saturated rings. The van der Waals surface area contributed by atoms with E-state index in [0.29, 0.717) is 0 Å². The van der Waals surface area contributed by atoms with E-state index in [-0.39, 0.29) is 6.17 Å². The molecule has 0 spiro atoms. The fourth-order valence-electron chi connectivity index (χ4n) is 4.01. The van der Waals surface area contributed by atoms with Crippen molar-refractivity contribution in [2.45, 2.75) is 129 Å². The first-order chi connectivity index (χ1) is 12.8. The first-order valence-corrected chi connectivity index (χ1v) is 11.8. The van der Waals surface area contributed by atoms with E-state index in [2.05, 4.69) is 23.7 Å². The van der Waals surface area contributed by atoms with E-state index < -0.39 is 0 Å². The Morgan fingerprint density at radius 1 is 0.731 bits per heavy atom. The topological polar surface area (TPSA) is 41.6 Å². The number of nitrogens with two attached hydrogens (primary N) is 1. The van der Waals surface area contributed by atoms with Gasteiger partial charge in [-0.1, -0.05) is 103 Å². The van der Waals surface area contributed by atoms with Crippen LogP contribution in [0.4, 0.5) is 0 Å². The van der Waals surface area contributed by atoms with Crippen LogP contribution in [-0.4, -0.2) is 30.0 Å². The average Bonchev–Trinajstić information content (AvgIpc) is 3.01. The van der Waals surface area contributed by atoms with Gasteiger partial charge in [-0.15, -0.1) is 0 Å². The minimum atomic E-state index is 0.0195. The van der Waals surface area contributed by atoms with Gasteiger partial charge in [-0.2, -0.15) is 0 Å². The highest BCUT2D eigenvalue weighted by Crippen LogP contribution is 2.15. The third-order valence-corrected chi connectivity index (χ3v) is 5.72. The zero-order valence-electron chi connectivity index (χ0n) is 18.0. The van der Waals surface area contributed by atoms with Crippen molar-refractivity contribution in [2.24, 2.45) is 10.7 Å². The van der Waals surface area contributed by atoms with E-state index in [4.69, 9.17) is 5.73 Å². The van der Waals surface area contributed by atoms with Gasteiger partial charge in [0.1, 0.15) is 12.0 Å². The highest BCUT2D eigenvalue weighted by Gasteiger charge is 2.19. The van der Waals surface area contributed by atoms with Crippen LogP contribution in [-0.2, 0) is 0 Å². The number of unbranched alkanes of at least 4 members (excludes halogenated alkanes) is 15. The lowest BCUT2D eigenvalue weighted by Crippen LogP contribution is -2.31. The molecule has 1 aliphatic rings. The molecule has 0 aromatic heterocycles. The van der Waals surface area contributed by atoms with E-state index in [1.165, 1.54) is 109 Å². The SMILES string of the molecule is CCCCCCCCCCCCCCCCCCC1=NC(N)CN1CC. The highest BCUT2D eigenvalue weighted by molar-refractivity contribution is 5.84.